The van der Waals surface area contributed by atoms with E-state index in [4.69, 9.17) is 5.41 Å². The highest BCUT2D eigenvalue weighted by Crippen LogP contribution is 2.50. The summed E-state index contributed by atoms with van der Waals surface area (Å²) in [6.45, 7) is 9.48. The number of nitriles is 3. The highest BCUT2D eigenvalue weighted by atomic mass is 15.1. The molecule has 2 atom stereocenters. The quantitative estimate of drug-likeness (QED) is 0.760. The maximum atomic E-state index is 9.91. The Bertz CT molecular complexity index is 791. The molecule has 3 rings (SSSR count). The van der Waals surface area contributed by atoms with Gasteiger partial charge >= 0.3 is 0 Å². The molecule has 1 saturated heterocycles. The van der Waals surface area contributed by atoms with Gasteiger partial charge < -0.3 is 10.3 Å². The van der Waals surface area contributed by atoms with Crippen LogP contribution in [0.4, 0.5) is 0 Å². The third-order valence-corrected chi connectivity index (χ3v) is 6.42. The van der Waals surface area contributed by atoms with Crippen molar-refractivity contribution in [3.63, 3.8) is 0 Å². The average molecular weight is 362 g/mol. The van der Waals surface area contributed by atoms with E-state index in [2.05, 4.69) is 41.9 Å². The molecule has 0 aromatic carbocycles. The SMILES string of the molecule is CCN1CCC(=C2C(C#N)C(=N)C(C#N)(C#N)C3=CCN(CC)C[C@@H]32)CC1. The maximum Gasteiger partial charge on any atom is 0.204 e. The van der Waals surface area contributed by atoms with E-state index in [1.165, 1.54) is 5.57 Å². The third-order valence-electron chi connectivity index (χ3n) is 6.42. The summed E-state index contributed by atoms with van der Waals surface area (Å²) in [5.41, 5.74) is 1.34. The molecule has 0 aromatic rings. The second-order valence-corrected chi connectivity index (χ2v) is 7.51. The Morgan fingerprint density at radius 1 is 1.11 bits per heavy atom. The molecule has 0 radical (unpaired) electrons. The van der Waals surface area contributed by atoms with Gasteiger partial charge in [-0.2, -0.15) is 15.8 Å². The van der Waals surface area contributed by atoms with Crippen molar-refractivity contribution in [2.45, 2.75) is 26.7 Å². The van der Waals surface area contributed by atoms with Crippen molar-refractivity contribution < 1.29 is 0 Å². The Kier molecular flexibility index (Phi) is 5.47. The van der Waals surface area contributed by atoms with Crippen LogP contribution >= 0.6 is 0 Å². The first kappa shape index (κ1) is 19.3. The van der Waals surface area contributed by atoms with E-state index in [9.17, 15) is 15.8 Å². The molecule has 2 heterocycles. The molecule has 2 aliphatic heterocycles. The van der Waals surface area contributed by atoms with Gasteiger partial charge in [-0.25, -0.2) is 0 Å². The molecule has 6 nitrogen and oxygen atoms in total. The number of piperidine rings is 1. The van der Waals surface area contributed by atoms with Gasteiger partial charge in [0.25, 0.3) is 0 Å². The number of fused-ring (bicyclic) bond motifs is 1. The lowest BCUT2D eigenvalue weighted by Crippen LogP contribution is -2.50. The first-order valence-electron chi connectivity index (χ1n) is 9.74. The molecule has 6 heteroatoms. The second kappa shape index (κ2) is 7.65. The van der Waals surface area contributed by atoms with Gasteiger partial charge in [-0.05, 0) is 37.1 Å². The van der Waals surface area contributed by atoms with Crippen LogP contribution in [0.2, 0.25) is 0 Å². The minimum absolute atomic E-state index is 0.0529. The number of nitrogens with one attached hydrogen (secondary N) is 1. The molecule has 0 aromatic heterocycles. The molecule has 1 saturated carbocycles. The number of rotatable bonds is 2. The minimum atomic E-state index is -1.60. The summed E-state index contributed by atoms with van der Waals surface area (Å²) in [5, 5.41) is 38.2. The second-order valence-electron chi connectivity index (χ2n) is 7.51. The summed E-state index contributed by atoms with van der Waals surface area (Å²) in [6.07, 6.45) is 3.77. The average Bonchev–Trinajstić information content (AvgIpc) is 2.73. The molecule has 1 unspecified atom stereocenters. The largest absolute Gasteiger partial charge is 0.305 e. The Labute approximate surface area is 161 Å². The van der Waals surface area contributed by atoms with Gasteiger partial charge in [0.05, 0.1) is 23.9 Å². The summed E-state index contributed by atoms with van der Waals surface area (Å²) < 4.78 is 0. The molecule has 1 N–H and O–H groups in total. The summed E-state index contributed by atoms with van der Waals surface area (Å²) in [6, 6.07) is 6.47. The predicted molar refractivity (Wildman–Crippen MR) is 103 cm³/mol. The van der Waals surface area contributed by atoms with Crippen LogP contribution in [-0.4, -0.2) is 54.8 Å². The highest BCUT2D eigenvalue weighted by molar-refractivity contribution is 6.03. The zero-order valence-electron chi connectivity index (χ0n) is 16.1. The standard InChI is InChI=1S/C21H26N6/c1-3-26-8-5-15(6-9-26)19-16(11-22)20(25)21(13-23,14-24)18-7-10-27(4-2)12-17(18)19/h7,16-17,25H,3-6,8-10,12H2,1-2H3/t16?,17-/m0/s1. The lowest BCUT2D eigenvalue weighted by molar-refractivity contribution is 0.252. The van der Waals surface area contributed by atoms with Gasteiger partial charge in [0.1, 0.15) is 5.92 Å². The van der Waals surface area contributed by atoms with Crippen LogP contribution in [0.25, 0.3) is 0 Å². The molecule has 27 heavy (non-hydrogen) atoms. The number of likely N-dealkylation sites (N-methyl/N-ethyl adjacent to an activating group) is 1. The van der Waals surface area contributed by atoms with Crippen LogP contribution in [0.5, 0.6) is 0 Å². The Morgan fingerprint density at radius 3 is 2.26 bits per heavy atom. The van der Waals surface area contributed by atoms with Crippen LogP contribution in [-0.2, 0) is 0 Å². The lowest BCUT2D eigenvalue weighted by atomic mass is 9.58. The number of likely N-dealkylation sites (tertiary alicyclic amines) is 1. The van der Waals surface area contributed by atoms with E-state index in [0.717, 1.165) is 56.7 Å². The fourth-order valence-corrected chi connectivity index (χ4v) is 4.76. The molecule has 140 valence electrons. The minimum Gasteiger partial charge on any atom is -0.305 e. The molecular weight excluding hydrogens is 336 g/mol. The Morgan fingerprint density at radius 2 is 1.74 bits per heavy atom. The van der Waals surface area contributed by atoms with Crippen LogP contribution in [0.1, 0.15) is 26.7 Å². The van der Waals surface area contributed by atoms with E-state index >= 15 is 0 Å². The monoisotopic (exact) mass is 362 g/mol. The first-order valence-corrected chi connectivity index (χ1v) is 9.74. The zero-order chi connectivity index (χ0) is 19.6. The van der Waals surface area contributed by atoms with Crippen molar-refractivity contribution in [1.29, 1.82) is 21.2 Å². The predicted octanol–water partition coefficient (Wildman–Crippen LogP) is 2.48. The van der Waals surface area contributed by atoms with Crippen molar-refractivity contribution in [2.24, 2.45) is 17.3 Å². The fourth-order valence-electron chi connectivity index (χ4n) is 4.76. The number of nitrogens with zero attached hydrogens (tertiary/aromatic N) is 5. The fraction of sp³-hybridized carbons (Fsp3) is 0.619. The van der Waals surface area contributed by atoms with Crippen LogP contribution < -0.4 is 0 Å². The summed E-state index contributed by atoms with van der Waals surface area (Å²) >= 11 is 0. The van der Waals surface area contributed by atoms with Crippen LogP contribution in [0, 0.1) is 56.7 Å². The number of hydrogen-bond donors (Lipinski definition) is 1. The normalized spacial score (nSPS) is 28.6. The third kappa shape index (κ3) is 2.98. The zero-order valence-corrected chi connectivity index (χ0v) is 16.1. The van der Waals surface area contributed by atoms with Crippen molar-refractivity contribution in [3.8, 4) is 18.2 Å². The highest BCUT2D eigenvalue weighted by Gasteiger charge is 2.54. The molecule has 1 aliphatic carbocycles. The molecular formula is C21H26N6. The van der Waals surface area contributed by atoms with Crippen molar-refractivity contribution in [1.82, 2.24) is 9.80 Å². The molecule has 0 bridgehead atoms. The first-order chi connectivity index (χ1) is 13.1. The van der Waals surface area contributed by atoms with Crippen LogP contribution in [0.3, 0.4) is 0 Å². The van der Waals surface area contributed by atoms with Crippen LogP contribution in [0.15, 0.2) is 22.8 Å². The maximum absolute atomic E-state index is 9.91. The van der Waals surface area contributed by atoms with Gasteiger partial charge in [0.2, 0.25) is 5.41 Å². The number of hydrogen-bond acceptors (Lipinski definition) is 6. The lowest BCUT2D eigenvalue weighted by Gasteiger charge is -2.45. The van der Waals surface area contributed by atoms with E-state index < -0.39 is 11.3 Å². The molecule has 0 spiro atoms. The molecule has 2 fully saturated rings. The van der Waals surface area contributed by atoms with Gasteiger partial charge in [-0.1, -0.05) is 25.5 Å². The van der Waals surface area contributed by atoms with E-state index in [1.807, 2.05) is 6.08 Å². The van der Waals surface area contributed by atoms with E-state index in [-0.39, 0.29) is 11.6 Å². The van der Waals surface area contributed by atoms with Gasteiger partial charge in [0.15, 0.2) is 0 Å². The molecule has 0 amide bonds. The van der Waals surface area contributed by atoms with Crippen molar-refractivity contribution in [3.05, 3.63) is 22.8 Å². The van der Waals surface area contributed by atoms with E-state index in [0.29, 0.717) is 6.54 Å². The topological polar surface area (TPSA) is 102 Å². The van der Waals surface area contributed by atoms with Crippen molar-refractivity contribution >= 4 is 5.71 Å². The van der Waals surface area contributed by atoms with Gasteiger partial charge in [-0.3, -0.25) is 4.90 Å². The smallest absolute Gasteiger partial charge is 0.204 e. The van der Waals surface area contributed by atoms with Gasteiger partial charge in [0, 0.05) is 32.1 Å². The van der Waals surface area contributed by atoms with Crippen molar-refractivity contribution in [2.75, 3.05) is 39.3 Å². The van der Waals surface area contributed by atoms with E-state index in [1.54, 1.807) is 0 Å². The van der Waals surface area contributed by atoms with Gasteiger partial charge in [-0.15, -0.1) is 0 Å². The summed E-state index contributed by atoms with van der Waals surface area (Å²) in [7, 11) is 0. The molecule has 3 aliphatic rings. The Hall–Kier alpha value is -2.46. The summed E-state index contributed by atoms with van der Waals surface area (Å²) in [5.74, 6) is -0.883. The Balaban J connectivity index is 2.14. The summed E-state index contributed by atoms with van der Waals surface area (Å²) in [4.78, 5) is 4.67.